The third-order valence-corrected chi connectivity index (χ3v) is 4.85. The molecule has 0 spiro atoms. The number of primary sulfonamides is 1. The van der Waals surface area contributed by atoms with Gasteiger partial charge in [0.1, 0.15) is 0 Å². The highest BCUT2D eigenvalue weighted by atomic mass is 32.2. The van der Waals surface area contributed by atoms with E-state index in [0.717, 1.165) is 10.8 Å². The van der Waals surface area contributed by atoms with E-state index in [2.05, 4.69) is 10.6 Å². The Bertz CT molecular complexity index is 1110. The molecule has 0 unspecified atom stereocenters. The predicted octanol–water partition coefficient (Wildman–Crippen LogP) is 1.74. The molecule has 27 heavy (non-hydrogen) atoms. The molecule has 2 amide bonds. The maximum Gasteiger partial charge on any atom is 0.313 e. The minimum Gasteiger partial charge on any atom is -0.344 e. The van der Waals surface area contributed by atoms with E-state index in [9.17, 15) is 18.0 Å². The molecular weight excluding hydrogens is 366 g/mol. The van der Waals surface area contributed by atoms with E-state index in [1.165, 1.54) is 24.3 Å². The highest BCUT2D eigenvalue weighted by molar-refractivity contribution is 7.89. The largest absolute Gasteiger partial charge is 0.344 e. The van der Waals surface area contributed by atoms with Gasteiger partial charge in [-0.3, -0.25) is 9.59 Å². The summed E-state index contributed by atoms with van der Waals surface area (Å²) in [6.45, 7) is 0.0782. The molecule has 7 nitrogen and oxygen atoms in total. The molecule has 0 aliphatic carbocycles. The molecule has 0 fully saturated rings. The summed E-state index contributed by atoms with van der Waals surface area (Å²) in [5.74, 6) is -1.58. The van der Waals surface area contributed by atoms with Crippen molar-refractivity contribution >= 4 is 38.3 Å². The maximum atomic E-state index is 12.0. The van der Waals surface area contributed by atoms with E-state index in [4.69, 9.17) is 5.14 Å². The van der Waals surface area contributed by atoms with Crippen molar-refractivity contribution in [2.24, 2.45) is 5.14 Å². The minimum absolute atomic E-state index is 0.0216. The summed E-state index contributed by atoms with van der Waals surface area (Å²) in [5, 5.41) is 12.0. The number of carbonyl (C=O) groups excluding carboxylic acids is 2. The van der Waals surface area contributed by atoms with Crippen molar-refractivity contribution in [1.82, 2.24) is 5.32 Å². The minimum atomic E-state index is -3.77. The quantitative estimate of drug-likeness (QED) is 0.595. The van der Waals surface area contributed by atoms with Crippen molar-refractivity contribution in [2.75, 3.05) is 5.32 Å². The lowest BCUT2D eigenvalue weighted by Gasteiger charge is -2.08. The second kappa shape index (κ2) is 7.56. The van der Waals surface area contributed by atoms with Gasteiger partial charge < -0.3 is 10.6 Å². The summed E-state index contributed by atoms with van der Waals surface area (Å²) >= 11 is 0. The van der Waals surface area contributed by atoms with Crippen LogP contribution in [0, 0.1) is 0 Å². The molecule has 8 heteroatoms. The number of rotatable bonds is 4. The first kappa shape index (κ1) is 18.6. The normalized spacial score (nSPS) is 11.1. The van der Waals surface area contributed by atoms with E-state index in [0.29, 0.717) is 11.3 Å². The van der Waals surface area contributed by atoms with Gasteiger partial charge in [-0.15, -0.1) is 0 Å². The zero-order valence-corrected chi connectivity index (χ0v) is 15.0. The Labute approximate surface area is 156 Å². The van der Waals surface area contributed by atoms with Gasteiger partial charge in [0.15, 0.2) is 0 Å². The van der Waals surface area contributed by atoms with Gasteiger partial charge in [-0.1, -0.05) is 42.5 Å². The summed E-state index contributed by atoms with van der Waals surface area (Å²) in [4.78, 5) is 24.0. The molecule has 3 aromatic rings. The number of carbonyl (C=O) groups is 2. The highest BCUT2D eigenvalue weighted by Crippen LogP contribution is 2.18. The van der Waals surface area contributed by atoms with E-state index < -0.39 is 21.8 Å². The zero-order valence-electron chi connectivity index (χ0n) is 14.2. The van der Waals surface area contributed by atoms with Crippen molar-refractivity contribution in [1.29, 1.82) is 0 Å². The van der Waals surface area contributed by atoms with Crippen LogP contribution in [0.25, 0.3) is 10.8 Å². The summed E-state index contributed by atoms with van der Waals surface area (Å²) in [6, 6.07) is 18.7. The second-order valence-corrected chi connectivity index (χ2v) is 7.45. The Balaban J connectivity index is 1.59. The molecule has 0 heterocycles. The smallest absolute Gasteiger partial charge is 0.313 e. The maximum absolute atomic E-state index is 12.0. The van der Waals surface area contributed by atoms with Crippen LogP contribution in [0.1, 0.15) is 5.56 Å². The number of hydrogen-bond donors (Lipinski definition) is 3. The van der Waals surface area contributed by atoms with E-state index >= 15 is 0 Å². The number of hydrogen-bond acceptors (Lipinski definition) is 4. The molecule has 0 atom stereocenters. The second-order valence-electron chi connectivity index (χ2n) is 5.89. The van der Waals surface area contributed by atoms with Crippen LogP contribution < -0.4 is 15.8 Å². The lowest BCUT2D eigenvalue weighted by atomic mass is 10.1. The fourth-order valence-corrected chi connectivity index (χ4v) is 3.03. The van der Waals surface area contributed by atoms with Crippen LogP contribution in [0.2, 0.25) is 0 Å². The Kier molecular flexibility index (Phi) is 5.20. The van der Waals surface area contributed by atoms with Gasteiger partial charge in [0.05, 0.1) is 4.90 Å². The SMILES string of the molecule is NS(=O)(=O)c1ccc(CNC(=O)C(=O)Nc2ccc3ccccc3c2)cc1. The standard InChI is InChI=1S/C19H17N3O4S/c20-27(25,26)17-9-5-13(6-10-17)12-21-18(23)19(24)22-16-8-7-14-3-1-2-4-15(14)11-16/h1-11H,12H2,(H,21,23)(H,22,24)(H2,20,25,26). The molecule has 0 aliphatic rings. The number of nitrogens with two attached hydrogens (primary N) is 1. The van der Waals surface area contributed by atoms with Crippen LogP contribution in [-0.4, -0.2) is 20.2 Å². The summed E-state index contributed by atoms with van der Waals surface area (Å²) < 4.78 is 22.4. The summed E-state index contributed by atoms with van der Waals surface area (Å²) in [5.41, 5.74) is 1.15. The predicted molar refractivity (Wildman–Crippen MR) is 102 cm³/mol. The first-order valence-electron chi connectivity index (χ1n) is 8.03. The number of fused-ring (bicyclic) bond motifs is 1. The van der Waals surface area contributed by atoms with Crippen LogP contribution in [0.4, 0.5) is 5.69 Å². The summed E-state index contributed by atoms with van der Waals surface area (Å²) in [7, 11) is -3.77. The van der Waals surface area contributed by atoms with E-state index in [-0.39, 0.29) is 11.4 Å². The molecule has 3 aromatic carbocycles. The molecule has 3 rings (SSSR count). The molecule has 4 N–H and O–H groups in total. The lowest BCUT2D eigenvalue weighted by molar-refractivity contribution is -0.136. The Morgan fingerprint density at radius 3 is 2.19 bits per heavy atom. The zero-order chi connectivity index (χ0) is 19.4. The van der Waals surface area contributed by atoms with Gasteiger partial charge in [-0.25, -0.2) is 13.6 Å². The van der Waals surface area contributed by atoms with Crippen LogP contribution in [0.5, 0.6) is 0 Å². The van der Waals surface area contributed by atoms with E-state index in [1.54, 1.807) is 12.1 Å². The topological polar surface area (TPSA) is 118 Å². The molecule has 0 bridgehead atoms. The summed E-state index contributed by atoms with van der Waals surface area (Å²) in [6.07, 6.45) is 0. The lowest BCUT2D eigenvalue weighted by Crippen LogP contribution is -2.34. The Morgan fingerprint density at radius 2 is 1.52 bits per heavy atom. The number of amides is 2. The van der Waals surface area contributed by atoms with Crippen LogP contribution in [0.15, 0.2) is 71.6 Å². The van der Waals surface area contributed by atoms with Gasteiger partial charge in [-0.05, 0) is 40.6 Å². The van der Waals surface area contributed by atoms with Gasteiger partial charge >= 0.3 is 11.8 Å². The van der Waals surface area contributed by atoms with Gasteiger partial charge in [0, 0.05) is 12.2 Å². The average Bonchev–Trinajstić information content (AvgIpc) is 2.65. The van der Waals surface area contributed by atoms with Crippen molar-refractivity contribution in [2.45, 2.75) is 11.4 Å². The Morgan fingerprint density at radius 1 is 0.852 bits per heavy atom. The number of benzene rings is 3. The number of sulfonamides is 1. The van der Waals surface area contributed by atoms with Crippen molar-refractivity contribution < 1.29 is 18.0 Å². The molecule has 0 radical (unpaired) electrons. The van der Waals surface area contributed by atoms with E-state index in [1.807, 2.05) is 30.3 Å². The molecular formula is C19H17N3O4S. The van der Waals surface area contributed by atoms with Crippen LogP contribution in [-0.2, 0) is 26.2 Å². The van der Waals surface area contributed by atoms with Gasteiger partial charge in [0.25, 0.3) is 0 Å². The van der Waals surface area contributed by atoms with Crippen molar-refractivity contribution in [3.63, 3.8) is 0 Å². The van der Waals surface area contributed by atoms with Crippen molar-refractivity contribution in [3.05, 3.63) is 72.3 Å². The fourth-order valence-electron chi connectivity index (χ4n) is 2.51. The number of anilines is 1. The molecule has 0 aromatic heterocycles. The third-order valence-electron chi connectivity index (χ3n) is 3.92. The Hall–Kier alpha value is -3.23. The third kappa shape index (κ3) is 4.69. The molecule has 138 valence electrons. The molecule has 0 saturated carbocycles. The van der Waals surface area contributed by atoms with Crippen LogP contribution in [0.3, 0.4) is 0 Å². The molecule has 0 aliphatic heterocycles. The monoisotopic (exact) mass is 383 g/mol. The van der Waals surface area contributed by atoms with Crippen LogP contribution >= 0.6 is 0 Å². The average molecular weight is 383 g/mol. The first-order chi connectivity index (χ1) is 12.8. The van der Waals surface area contributed by atoms with Gasteiger partial charge in [0.2, 0.25) is 10.0 Å². The molecule has 0 saturated heterocycles. The van der Waals surface area contributed by atoms with Crippen molar-refractivity contribution in [3.8, 4) is 0 Å². The number of nitrogens with one attached hydrogen (secondary N) is 2. The fraction of sp³-hybridized carbons (Fsp3) is 0.0526. The first-order valence-corrected chi connectivity index (χ1v) is 9.57. The van der Waals surface area contributed by atoms with Gasteiger partial charge in [-0.2, -0.15) is 0 Å². The highest BCUT2D eigenvalue weighted by Gasteiger charge is 2.14.